The van der Waals surface area contributed by atoms with E-state index >= 15 is 0 Å². The van der Waals surface area contributed by atoms with Gasteiger partial charge >= 0.3 is 12.3 Å². The first-order valence-electron chi connectivity index (χ1n) is 8.61. The largest absolute Gasteiger partial charge is 0.444 e. The number of amides is 1. The zero-order valence-corrected chi connectivity index (χ0v) is 15.9. The molecule has 7 nitrogen and oxygen atoms in total. The Labute approximate surface area is 156 Å². The normalized spacial score (nSPS) is 19.6. The summed E-state index contributed by atoms with van der Waals surface area (Å²) in [4.78, 5) is 18.8. The summed E-state index contributed by atoms with van der Waals surface area (Å²) in [5.74, 6) is 5.49. The highest BCUT2D eigenvalue weighted by molar-refractivity contribution is 5.68. The van der Waals surface area contributed by atoms with Gasteiger partial charge in [-0.15, -0.1) is 0 Å². The topological polar surface area (TPSA) is 83.7 Å². The Bertz CT molecular complexity index is 645. The van der Waals surface area contributed by atoms with Gasteiger partial charge in [0, 0.05) is 32.4 Å². The number of ether oxygens (including phenoxy) is 1. The number of alkyl halides is 3. The van der Waals surface area contributed by atoms with Crippen LogP contribution in [0.2, 0.25) is 0 Å². The molecule has 2 heterocycles. The molecule has 0 saturated carbocycles. The van der Waals surface area contributed by atoms with Crippen molar-refractivity contribution < 1.29 is 22.7 Å². The van der Waals surface area contributed by atoms with Crippen LogP contribution >= 0.6 is 0 Å². The van der Waals surface area contributed by atoms with E-state index in [1.807, 2.05) is 0 Å². The van der Waals surface area contributed by atoms with Crippen molar-refractivity contribution in [2.45, 2.75) is 51.1 Å². The highest BCUT2D eigenvalue weighted by Crippen LogP contribution is 2.39. The predicted octanol–water partition coefficient (Wildman–Crippen LogP) is 2.91. The third kappa shape index (κ3) is 5.46. The Kier molecular flexibility index (Phi) is 6.21. The molecule has 1 unspecified atom stereocenters. The number of hydrazine groups is 1. The quantitative estimate of drug-likeness (QED) is 0.609. The lowest BCUT2D eigenvalue weighted by Crippen LogP contribution is -2.43. The molecule has 0 spiro atoms. The number of carbonyl (C=O) groups is 1. The number of nitrogens with zero attached hydrogens (tertiary/aromatic N) is 3. The van der Waals surface area contributed by atoms with Crippen LogP contribution in [-0.2, 0) is 4.74 Å². The lowest BCUT2D eigenvalue weighted by atomic mass is 10.1. The number of anilines is 1. The maximum atomic E-state index is 13.7. The molecule has 1 aromatic heterocycles. The molecule has 1 aliphatic rings. The molecule has 2 atom stereocenters. The summed E-state index contributed by atoms with van der Waals surface area (Å²) in [5.41, 5.74) is 1.66. The summed E-state index contributed by atoms with van der Waals surface area (Å²) < 4.78 is 46.5. The van der Waals surface area contributed by atoms with E-state index in [1.54, 1.807) is 27.8 Å². The molecule has 1 saturated heterocycles. The Balaban J connectivity index is 2.14. The highest BCUT2D eigenvalue weighted by Gasteiger charge is 2.47. The van der Waals surface area contributed by atoms with Gasteiger partial charge in [-0.1, -0.05) is 6.07 Å². The molecule has 0 bridgehead atoms. The van der Waals surface area contributed by atoms with Gasteiger partial charge in [0.1, 0.15) is 17.5 Å². The van der Waals surface area contributed by atoms with Gasteiger partial charge in [-0.2, -0.15) is 13.2 Å². The molecular weight excluding hydrogens is 363 g/mol. The van der Waals surface area contributed by atoms with E-state index in [1.165, 1.54) is 21.9 Å². The summed E-state index contributed by atoms with van der Waals surface area (Å²) in [6, 6.07) is 0.594. The van der Waals surface area contributed by atoms with E-state index in [0.717, 1.165) is 6.20 Å². The van der Waals surface area contributed by atoms with Crippen LogP contribution < -0.4 is 11.3 Å². The monoisotopic (exact) mass is 389 g/mol. The molecule has 1 fully saturated rings. The molecule has 1 aromatic rings. The van der Waals surface area contributed by atoms with Crippen LogP contribution in [0.15, 0.2) is 18.3 Å². The third-order valence-corrected chi connectivity index (χ3v) is 4.35. The number of pyridine rings is 1. The van der Waals surface area contributed by atoms with Crippen molar-refractivity contribution in [3.05, 3.63) is 23.9 Å². The minimum absolute atomic E-state index is 0.0297. The number of carbonyl (C=O) groups excluding carboxylic acids is 1. The summed E-state index contributed by atoms with van der Waals surface area (Å²) in [5, 5.41) is 0. The van der Waals surface area contributed by atoms with Crippen LogP contribution in [0.5, 0.6) is 0 Å². The van der Waals surface area contributed by atoms with Crippen molar-refractivity contribution in [2.24, 2.45) is 5.84 Å². The SMILES string of the molecule is CN(C(=O)OC(C)(C)C)C1CCN([C@H](c2ccc(NN)nc2)C(F)(F)F)C1. The minimum Gasteiger partial charge on any atom is -0.444 e. The fraction of sp³-hybridized carbons (Fsp3) is 0.647. The van der Waals surface area contributed by atoms with E-state index in [9.17, 15) is 18.0 Å². The van der Waals surface area contributed by atoms with Crippen LogP contribution in [0.1, 0.15) is 38.8 Å². The predicted molar refractivity (Wildman–Crippen MR) is 94.8 cm³/mol. The van der Waals surface area contributed by atoms with Gasteiger partial charge in [0.2, 0.25) is 0 Å². The number of likely N-dealkylation sites (N-methyl/N-ethyl adjacent to an activating group) is 1. The lowest BCUT2D eigenvalue weighted by Gasteiger charge is -2.32. The van der Waals surface area contributed by atoms with Gasteiger partial charge in [0.25, 0.3) is 0 Å². The van der Waals surface area contributed by atoms with Crippen molar-refractivity contribution in [3.63, 3.8) is 0 Å². The minimum atomic E-state index is -4.47. The first-order chi connectivity index (χ1) is 12.4. The molecule has 0 radical (unpaired) electrons. The van der Waals surface area contributed by atoms with Crippen LogP contribution in [-0.4, -0.2) is 58.8 Å². The second-order valence-corrected chi connectivity index (χ2v) is 7.59. The molecule has 0 aromatic carbocycles. The van der Waals surface area contributed by atoms with E-state index in [0.29, 0.717) is 6.42 Å². The zero-order chi connectivity index (χ0) is 20.4. The first-order valence-corrected chi connectivity index (χ1v) is 8.61. The lowest BCUT2D eigenvalue weighted by molar-refractivity contribution is -0.184. The second kappa shape index (κ2) is 7.89. The van der Waals surface area contributed by atoms with Gasteiger partial charge in [0.05, 0.1) is 0 Å². The molecule has 2 rings (SSSR count). The smallest absolute Gasteiger partial charge is 0.410 e. The molecular formula is C17H26F3N5O2. The average molecular weight is 389 g/mol. The zero-order valence-electron chi connectivity index (χ0n) is 15.9. The Morgan fingerprint density at radius 3 is 2.56 bits per heavy atom. The van der Waals surface area contributed by atoms with Crippen LogP contribution in [0.25, 0.3) is 0 Å². The third-order valence-electron chi connectivity index (χ3n) is 4.35. The van der Waals surface area contributed by atoms with Crippen molar-refractivity contribution in [1.29, 1.82) is 0 Å². The summed E-state index contributed by atoms with van der Waals surface area (Å²) >= 11 is 0. The highest BCUT2D eigenvalue weighted by atomic mass is 19.4. The molecule has 10 heteroatoms. The van der Waals surface area contributed by atoms with Crippen LogP contribution in [0.4, 0.5) is 23.8 Å². The molecule has 0 aliphatic carbocycles. The number of nitrogens with two attached hydrogens (primary N) is 1. The van der Waals surface area contributed by atoms with E-state index in [-0.39, 0.29) is 30.5 Å². The number of likely N-dealkylation sites (tertiary alicyclic amines) is 1. The van der Waals surface area contributed by atoms with E-state index in [4.69, 9.17) is 10.6 Å². The summed E-state index contributed by atoms with van der Waals surface area (Å²) in [7, 11) is 1.55. The number of aromatic nitrogens is 1. The molecule has 1 aliphatic heterocycles. The fourth-order valence-electron chi connectivity index (χ4n) is 3.06. The summed E-state index contributed by atoms with van der Waals surface area (Å²) in [6.45, 7) is 5.53. The van der Waals surface area contributed by atoms with Crippen molar-refractivity contribution in [2.75, 3.05) is 25.6 Å². The van der Waals surface area contributed by atoms with Gasteiger partial charge in [-0.25, -0.2) is 15.6 Å². The Hall–Kier alpha value is -2.07. The van der Waals surface area contributed by atoms with E-state index in [2.05, 4.69) is 10.4 Å². The van der Waals surface area contributed by atoms with E-state index < -0.39 is 23.9 Å². The van der Waals surface area contributed by atoms with Crippen LogP contribution in [0.3, 0.4) is 0 Å². The molecule has 3 N–H and O–H groups in total. The van der Waals surface area contributed by atoms with Gasteiger partial charge in [0.15, 0.2) is 0 Å². The van der Waals surface area contributed by atoms with Gasteiger partial charge in [-0.3, -0.25) is 4.90 Å². The standard InChI is InChI=1S/C17H26F3N5O2/c1-16(2,3)27-15(26)24(4)12-7-8-25(10-12)14(17(18,19)20)11-5-6-13(23-21)22-9-11/h5-6,9,12,14H,7-8,10,21H2,1-4H3,(H,22,23)/t12?,14-/m1/s1. The van der Waals surface area contributed by atoms with Crippen molar-refractivity contribution in [1.82, 2.24) is 14.8 Å². The van der Waals surface area contributed by atoms with Crippen molar-refractivity contribution in [3.8, 4) is 0 Å². The van der Waals surface area contributed by atoms with Crippen molar-refractivity contribution >= 4 is 11.9 Å². The number of halogens is 3. The summed E-state index contributed by atoms with van der Waals surface area (Å²) in [6.07, 6.45) is -3.42. The molecule has 27 heavy (non-hydrogen) atoms. The number of hydrogen-bond acceptors (Lipinski definition) is 6. The fourth-order valence-corrected chi connectivity index (χ4v) is 3.06. The number of hydrogen-bond donors (Lipinski definition) is 2. The number of nitrogen functional groups attached to an aromatic ring is 1. The van der Waals surface area contributed by atoms with Crippen LogP contribution in [0, 0.1) is 0 Å². The number of rotatable bonds is 4. The van der Waals surface area contributed by atoms with Gasteiger partial charge in [-0.05, 0) is 38.8 Å². The average Bonchev–Trinajstić information content (AvgIpc) is 3.01. The molecule has 152 valence electrons. The Morgan fingerprint density at radius 1 is 1.41 bits per heavy atom. The maximum absolute atomic E-state index is 13.7. The molecule has 1 amide bonds. The Morgan fingerprint density at radius 2 is 2.07 bits per heavy atom. The maximum Gasteiger partial charge on any atom is 0.410 e. The number of nitrogens with one attached hydrogen (secondary N) is 1. The second-order valence-electron chi connectivity index (χ2n) is 7.59. The van der Waals surface area contributed by atoms with Gasteiger partial charge < -0.3 is 15.1 Å². The first kappa shape index (κ1) is 21.2.